The van der Waals surface area contributed by atoms with Gasteiger partial charge in [-0.1, -0.05) is 23.7 Å². The van der Waals surface area contributed by atoms with Gasteiger partial charge in [0.15, 0.2) is 23.0 Å². The molecule has 0 amide bonds. The van der Waals surface area contributed by atoms with Crippen LogP contribution in [0.3, 0.4) is 0 Å². The Bertz CT molecular complexity index is 1130. The van der Waals surface area contributed by atoms with Gasteiger partial charge in [0.05, 0.1) is 27.0 Å². The lowest BCUT2D eigenvalue weighted by Gasteiger charge is -2.13. The molecule has 28 heavy (non-hydrogen) atoms. The summed E-state index contributed by atoms with van der Waals surface area (Å²) in [6.07, 6.45) is 0. The molecule has 2 aromatic heterocycles. The van der Waals surface area contributed by atoms with E-state index in [1.54, 1.807) is 25.8 Å². The second kappa shape index (κ2) is 7.36. The highest BCUT2D eigenvalue weighted by molar-refractivity contribution is 6.30. The Morgan fingerprint density at radius 1 is 0.821 bits per heavy atom. The Labute approximate surface area is 166 Å². The number of halogens is 1. The monoisotopic (exact) mass is 396 g/mol. The van der Waals surface area contributed by atoms with Crippen molar-refractivity contribution < 1.29 is 14.2 Å². The van der Waals surface area contributed by atoms with E-state index in [0.29, 0.717) is 33.7 Å². The molecular weight excluding hydrogens is 380 g/mol. The lowest BCUT2D eigenvalue weighted by atomic mass is 10.1. The number of hydrogen-bond acceptors (Lipinski definition) is 6. The van der Waals surface area contributed by atoms with Crippen LogP contribution in [0.5, 0.6) is 17.2 Å². The van der Waals surface area contributed by atoms with Crippen molar-refractivity contribution in [2.45, 2.75) is 0 Å². The fraction of sp³-hybridized carbons (Fsp3) is 0.150. The number of ether oxygens (including phenoxy) is 3. The van der Waals surface area contributed by atoms with Crippen LogP contribution in [0, 0.1) is 0 Å². The molecule has 0 N–H and O–H groups in total. The third-order valence-electron chi connectivity index (χ3n) is 4.31. The summed E-state index contributed by atoms with van der Waals surface area (Å²) in [5, 5.41) is 13.9. The molecule has 8 heteroatoms. The molecular formula is C20H17ClN4O3. The topological polar surface area (TPSA) is 70.8 Å². The molecule has 0 atom stereocenters. The number of benzene rings is 2. The normalized spacial score (nSPS) is 10.9. The molecule has 2 heterocycles. The summed E-state index contributed by atoms with van der Waals surface area (Å²) in [5.74, 6) is 2.12. The fourth-order valence-electron chi connectivity index (χ4n) is 2.98. The van der Waals surface area contributed by atoms with Gasteiger partial charge in [-0.2, -0.15) is 9.61 Å². The first kappa shape index (κ1) is 18.1. The van der Waals surface area contributed by atoms with Crippen LogP contribution in [0.1, 0.15) is 0 Å². The lowest BCUT2D eigenvalue weighted by molar-refractivity contribution is 0.324. The molecule has 142 valence electrons. The van der Waals surface area contributed by atoms with E-state index in [2.05, 4.69) is 10.2 Å². The van der Waals surface area contributed by atoms with Crippen LogP contribution >= 0.6 is 11.6 Å². The smallest absolute Gasteiger partial charge is 0.203 e. The first-order valence-corrected chi connectivity index (χ1v) is 8.81. The SMILES string of the molecule is COc1cc(-c2nnc3ccc(-c4cccc(Cl)c4)nn23)cc(OC)c1OC. The minimum absolute atomic E-state index is 0.509. The van der Waals surface area contributed by atoms with E-state index >= 15 is 0 Å². The maximum Gasteiger partial charge on any atom is 0.203 e. The van der Waals surface area contributed by atoms with E-state index in [9.17, 15) is 0 Å². The number of methoxy groups -OCH3 is 3. The predicted molar refractivity (Wildman–Crippen MR) is 106 cm³/mol. The largest absolute Gasteiger partial charge is 0.493 e. The van der Waals surface area contributed by atoms with Gasteiger partial charge in [0, 0.05) is 16.1 Å². The van der Waals surface area contributed by atoms with E-state index in [-0.39, 0.29) is 0 Å². The van der Waals surface area contributed by atoms with Gasteiger partial charge < -0.3 is 14.2 Å². The van der Waals surface area contributed by atoms with Gasteiger partial charge in [-0.3, -0.25) is 0 Å². The number of nitrogens with zero attached hydrogens (tertiary/aromatic N) is 4. The molecule has 2 aromatic carbocycles. The zero-order chi connectivity index (χ0) is 19.7. The van der Waals surface area contributed by atoms with Crippen molar-refractivity contribution in [2.75, 3.05) is 21.3 Å². The van der Waals surface area contributed by atoms with Crippen molar-refractivity contribution in [3.05, 3.63) is 53.6 Å². The molecule has 0 radical (unpaired) electrons. The lowest BCUT2D eigenvalue weighted by Crippen LogP contribution is -1.99. The Morgan fingerprint density at radius 2 is 1.57 bits per heavy atom. The zero-order valence-corrected chi connectivity index (χ0v) is 16.3. The maximum atomic E-state index is 6.12. The predicted octanol–water partition coefficient (Wildman–Crippen LogP) is 4.14. The highest BCUT2D eigenvalue weighted by atomic mass is 35.5. The summed E-state index contributed by atoms with van der Waals surface area (Å²) < 4.78 is 17.9. The minimum atomic E-state index is 0.509. The van der Waals surface area contributed by atoms with Gasteiger partial charge in [-0.25, -0.2) is 0 Å². The Balaban J connectivity index is 1.89. The second-order valence-corrected chi connectivity index (χ2v) is 6.37. The Kier molecular flexibility index (Phi) is 4.75. The Morgan fingerprint density at radius 3 is 2.21 bits per heavy atom. The van der Waals surface area contributed by atoms with Gasteiger partial charge in [0.2, 0.25) is 5.75 Å². The molecule has 0 aliphatic rings. The molecule has 0 saturated carbocycles. The van der Waals surface area contributed by atoms with Gasteiger partial charge in [-0.15, -0.1) is 10.2 Å². The van der Waals surface area contributed by atoms with Crippen molar-refractivity contribution >= 4 is 17.2 Å². The summed E-state index contributed by atoms with van der Waals surface area (Å²) in [6, 6.07) is 14.9. The van der Waals surface area contributed by atoms with Crippen LogP contribution in [0.25, 0.3) is 28.3 Å². The van der Waals surface area contributed by atoms with Gasteiger partial charge in [0.1, 0.15) is 0 Å². The van der Waals surface area contributed by atoms with E-state index < -0.39 is 0 Å². The molecule has 0 saturated heterocycles. The van der Waals surface area contributed by atoms with Crippen LogP contribution < -0.4 is 14.2 Å². The van der Waals surface area contributed by atoms with Crippen molar-refractivity contribution in [1.82, 2.24) is 19.8 Å². The van der Waals surface area contributed by atoms with Gasteiger partial charge in [0.25, 0.3) is 0 Å². The standard InChI is InChI=1S/C20H17ClN4O3/c1-26-16-10-13(11-17(27-2)19(16)28-3)20-23-22-18-8-7-15(24-25(18)20)12-5-4-6-14(21)9-12/h4-11H,1-3H3. The van der Waals surface area contributed by atoms with Crippen LogP contribution in [-0.2, 0) is 0 Å². The van der Waals surface area contributed by atoms with Crippen molar-refractivity contribution in [3.8, 4) is 39.9 Å². The molecule has 0 bridgehead atoms. The van der Waals surface area contributed by atoms with Crippen LogP contribution in [0.4, 0.5) is 0 Å². The van der Waals surface area contributed by atoms with E-state index in [0.717, 1.165) is 16.8 Å². The zero-order valence-electron chi connectivity index (χ0n) is 15.5. The molecule has 7 nitrogen and oxygen atoms in total. The molecule has 0 fully saturated rings. The first-order valence-electron chi connectivity index (χ1n) is 8.43. The summed E-state index contributed by atoms with van der Waals surface area (Å²) in [5.41, 5.74) is 3.01. The molecule has 0 aliphatic carbocycles. The molecule has 0 unspecified atom stereocenters. The summed E-state index contributed by atoms with van der Waals surface area (Å²) in [4.78, 5) is 0. The Hall–Kier alpha value is -3.32. The fourth-order valence-corrected chi connectivity index (χ4v) is 3.17. The summed E-state index contributed by atoms with van der Waals surface area (Å²) in [6.45, 7) is 0. The van der Waals surface area contributed by atoms with E-state index in [1.807, 2.05) is 48.5 Å². The minimum Gasteiger partial charge on any atom is -0.493 e. The van der Waals surface area contributed by atoms with Crippen LogP contribution in [0.15, 0.2) is 48.5 Å². The maximum absolute atomic E-state index is 6.12. The average Bonchev–Trinajstić information content (AvgIpc) is 3.15. The van der Waals surface area contributed by atoms with Crippen LogP contribution in [0.2, 0.25) is 5.02 Å². The first-order chi connectivity index (χ1) is 13.6. The van der Waals surface area contributed by atoms with Gasteiger partial charge >= 0.3 is 0 Å². The third-order valence-corrected chi connectivity index (χ3v) is 4.54. The summed E-state index contributed by atoms with van der Waals surface area (Å²) in [7, 11) is 4.70. The van der Waals surface area contributed by atoms with Crippen molar-refractivity contribution in [1.29, 1.82) is 0 Å². The molecule has 4 rings (SSSR count). The van der Waals surface area contributed by atoms with E-state index in [4.69, 9.17) is 30.9 Å². The van der Waals surface area contributed by atoms with Crippen molar-refractivity contribution in [3.63, 3.8) is 0 Å². The second-order valence-electron chi connectivity index (χ2n) is 5.94. The average molecular weight is 397 g/mol. The third kappa shape index (κ3) is 3.10. The van der Waals surface area contributed by atoms with Crippen molar-refractivity contribution in [2.24, 2.45) is 0 Å². The number of fused-ring (bicyclic) bond motifs is 1. The highest BCUT2D eigenvalue weighted by Crippen LogP contribution is 2.40. The van der Waals surface area contributed by atoms with Gasteiger partial charge in [-0.05, 0) is 36.4 Å². The number of hydrogen-bond donors (Lipinski definition) is 0. The number of aromatic nitrogens is 4. The van der Waals surface area contributed by atoms with Crippen LogP contribution in [-0.4, -0.2) is 41.1 Å². The van der Waals surface area contributed by atoms with E-state index in [1.165, 1.54) is 0 Å². The number of rotatable bonds is 5. The highest BCUT2D eigenvalue weighted by Gasteiger charge is 2.18. The molecule has 0 aliphatic heterocycles. The summed E-state index contributed by atoms with van der Waals surface area (Å²) >= 11 is 6.12. The molecule has 0 spiro atoms. The molecule has 4 aromatic rings. The quantitative estimate of drug-likeness (QED) is 0.505.